The third-order valence-corrected chi connectivity index (χ3v) is 3.33. The molecule has 0 heterocycles. The Labute approximate surface area is 125 Å². The zero-order valence-corrected chi connectivity index (χ0v) is 13.9. The average molecular weight is 300 g/mol. The monoisotopic (exact) mass is 299 g/mol. The predicted molar refractivity (Wildman–Crippen MR) is 76.8 cm³/mol. The number of nitrogens with zero attached hydrogens (tertiary/aromatic N) is 1. The number of alkyl halides is 1. The van der Waals surface area contributed by atoms with Crippen LogP contribution in [0.15, 0.2) is 0 Å². The molecule has 0 amide bonds. The van der Waals surface area contributed by atoms with Crippen LogP contribution in [0.5, 0.6) is 0 Å². The maximum Gasteiger partial charge on any atom is 0.102 e. The van der Waals surface area contributed by atoms with Gasteiger partial charge in [0.15, 0.2) is 0 Å². The minimum Gasteiger partial charge on any atom is -1.00 e. The number of rotatable bonds is 12. The Morgan fingerprint density at radius 3 is 2.11 bits per heavy atom. The zero-order chi connectivity index (χ0) is 13.0. The Kier molecular flexibility index (Phi) is 16.1. The number of hydrogen-bond acceptors (Lipinski definition) is 1. The highest BCUT2D eigenvalue weighted by molar-refractivity contribution is 6.17. The topological polar surface area (TPSA) is 9.23 Å². The molecule has 0 aliphatic rings. The van der Waals surface area contributed by atoms with E-state index in [4.69, 9.17) is 16.3 Å². The second kappa shape index (κ2) is 13.9. The predicted octanol–water partition coefficient (Wildman–Crippen LogP) is 0.683. The van der Waals surface area contributed by atoms with Gasteiger partial charge in [-0.25, -0.2) is 0 Å². The van der Waals surface area contributed by atoms with Gasteiger partial charge in [-0.3, -0.25) is 0 Å². The summed E-state index contributed by atoms with van der Waals surface area (Å²) in [6, 6.07) is 0. The van der Waals surface area contributed by atoms with Gasteiger partial charge in [0.1, 0.15) is 6.54 Å². The molecule has 0 spiro atoms. The van der Waals surface area contributed by atoms with Crippen LogP contribution in [-0.2, 0) is 4.74 Å². The Bertz CT molecular complexity index is 166. The van der Waals surface area contributed by atoms with Crippen molar-refractivity contribution < 1.29 is 21.6 Å². The molecule has 0 aliphatic carbocycles. The smallest absolute Gasteiger partial charge is 0.102 e. The van der Waals surface area contributed by atoms with Gasteiger partial charge in [-0.2, -0.15) is 0 Å². The zero-order valence-electron chi connectivity index (χ0n) is 12.4. The van der Waals surface area contributed by atoms with Gasteiger partial charge in [0.25, 0.3) is 0 Å². The Morgan fingerprint density at radius 1 is 0.889 bits per heavy atom. The van der Waals surface area contributed by atoms with Crippen molar-refractivity contribution in [3.8, 4) is 0 Å². The van der Waals surface area contributed by atoms with Crippen LogP contribution in [-0.4, -0.2) is 50.8 Å². The molecule has 112 valence electrons. The fourth-order valence-electron chi connectivity index (χ4n) is 1.90. The van der Waals surface area contributed by atoms with Crippen molar-refractivity contribution in [3.05, 3.63) is 0 Å². The lowest BCUT2D eigenvalue weighted by Gasteiger charge is -2.29. The molecule has 0 saturated carbocycles. The first kappa shape index (κ1) is 20.8. The van der Waals surface area contributed by atoms with Crippen LogP contribution in [0.3, 0.4) is 0 Å². The molecule has 0 aliphatic heterocycles. The van der Waals surface area contributed by atoms with E-state index in [9.17, 15) is 0 Å². The fourth-order valence-corrected chi connectivity index (χ4v) is 2.01. The normalized spacial score (nSPS) is 11.3. The number of ether oxygens (including phenoxy) is 1. The van der Waals surface area contributed by atoms with Gasteiger partial charge >= 0.3 is 0 Å². The molecule has 18 heavy (non-hydrogen) atoms. The summed E-state index contributed by atoms with van der Waals surface area (Å²) in [5.74, 6) is 0.602. The molecule has 0 aromatic rings. The lowest BCUT2D eigenvalue weighted by Crippen LogP contribution is -3.00. The molecule has 0 aromatic heterocycles. The lowest BCUT2D eigenvalue weighted by molar-refractivity contribution is -0.890. The van der Waals surface area contributed by atoms with Gasteiger partial charge in [-0.1, -0.05) is 32.6 Å². The molecule has 0 radical (unpaired) electrons. The fraction of sp³-hybridized carbons (Fsp3) is 1.00. The van der Waals surface area contributed by atoms with Gasteiger partial charge in [-0.15, -0.1) is 11.6 Å². The molecule has 0 fully saturated rings. The van der Waals surface area contributed by atoms with Gasteiger partial charge in [0.05, 0.1) is 33.9 Å². The standard InChI is InChI=1S/C14H31ClNO.ClH/c1-4-5-6-7-8-9-11-16(2,3)12-14-17-13-10-15;/h4-14H2,1-3H3;1H/q+1;/p-1. The summed E-state index contributed by atoms with van der Waals surface area (Å²) < 4.78 is 6.50. The number of hydrogen-bond donors (Lipinski definition) is 0. The van der Waals surface area contributed by atoms with E-state index in [1.807, 2.05) is 0 Å². The highest BCUT2D eigenvalue weighted by atomic mass is 35.5. The molecule has 0 unspecified atom stereocenters. The minimum atomic E-state index is 0. The van der Waals surface area contributed by atoms with Crippen LogP contribution < -0.4 is 12.4 Å². The van der Waals surface area contributed by atoms with Gasteiger partial charge < -0.3 is 21.6 Å². The lowest BCUT2D eigenvalue weighted by atomic mass is 10.1. The van der Waals surface area contributed by atoms with Crippen molar-refractivity contribution in [2.75, 3.05) is 46.3 Å². The average Bonchev–Trinajstić information content (AvgIpc) is 2.29. The molecule has 0 aromatic carbocycles. The van der Waals surface area contributed by atoms with E-state index in [0.29, 0.717) is 12.5 Å². The van der Waals surface area contributed by atoms with Crippen LogP contribution in [0.2, 0.25) is 0 Å². The van der Waals surface area contributed by atoms with E-state index >= 15 is 0 Å². The Morgan fingerprint density at radius 2 is 1.50 bits per heavy atom. The molecule has 0 rings (SSSR count). The van der Waals surface area contributed by atoms with E-state index < -0.39 is 0 Å². The van der Waals surface area contributed by atoms with Crippen LogP contribution in [0.1, 0.15) is 45.4 Å². The summed E-state index contributed by atoms with van der Waals surface area (Å²) in [7, 11) is 4.58. The van der Waals surface area contributed by atoms with E-state index in [1.54, 1.807) is 0 Å². The molecule has 2 nitrogen and oxygen atoms in total. The molecule has 0 bridgehead atoms. The van der Waals surface area contributed by atoms with Crippen LogP contribution in [0.25, 0.3) is 0 Å². The minimum absolute atomic E-state index is 0. The summed E-state index contributed by atoms with van der Waals surface area (Å²) in [6.45, 7) is 6.12. The van der Waals surface area contributed by atoms with Crippen LogP contribution in [0.4, 0.5) is 0 Å². The van der Waals surface area contributed by atoms with Crippen molar-refractivity contribution in [3.63, 3.8) is 0 Å². The maximum absolute atomic E-state index is 5.57. The highest BCUT2D eigenvalue weighted by Crippen LogP contribution is 2.08. The molecular formula is C14H31Cl2NO. The number of halogens is 2. The summed E-state index contributed by atoms with van der Waals surface area (Å²) in [5, 5.41) is 0. The highest BCUT2D eigenvalue weighted by Gasteiger charge is 2.13. The van der Waals surface area contributed by atoms with E-state index in [1.165, 1.54) is 45.1 Å². The van der Waals surface area contributed by atoms with E-state index in [0.717, 1.165) is 17.6 Å². The SMILES string of the molecule is CCCCCCCC[N+](C)(C)CCOCCCl.[Cl-]. The summed E-state index contributed by atoms with van der Waals surface area (Å²) in [4.78, 5) is 0. The van der Waals surface area contributed by atoms with E-state index in [2.05, 4.69) is 21.0 Å². The summed E-state index contributed by atoms with van der Waals surface area (Å²) in [5.41, 5.74) is 0. The van der Waals surface area contributed by atoms with E-state index in [-0.39, 0.29) is 12.4 Å². The van der Waals surface area contributed by atoms with Crippen molar-refractivity contribution in [1.82, 2.24) is 0 Å². The van der Waals surface area contributed by atoms with Crippen LogP contribution >= 0.6 is 11.6 Å². The second-order valence-corrected chi connectivity index (χ2v) is 5.83. The first-order chi connectivity index (χ1) is 8.12. The maximum atomic E-state index is 5.57. The first-order valence-corrected chi connectivity index (χ1v) is 7.61. The van der Waals surface area contributed by atoms with Gasteiger partial charge in [0.2, 0.25) is 0 Å². The third kappa shape index (κ3) is 14.6. The summed E-state index contributed by atoms with van der Waals surface area (Å²) >= 11 is 5.57. The Balaban J connectivity index is 0. The van der Waals surface area contributed by atoms with Crippen molar-refractivity contribution in [1.29, 1.82) is 0 Å². The molecule has 4 heteroatoms. The molecular weight excluding hydrogens is 269 g/mol. The quantitative estimate of drug-likeness (QED) is 0.293. The van der Waals surface area contributed by atoms with Gasteiger partial charge in [0, 0.05) is 5.88 Å². The van der Waals surface area contributed by atoms with Crippen molar-refractivity contribution in [2.24, 2.45) is 0 Å². The Hall–Kier alpha value is 0.500. The number of quaternary nitrogens is 1. The number of unbranched alkanes of at least 4 members (excludes halogenated alkanes) is 5. The second-order valence-electron chi connectivity index (χ2n) is 5.45. The molecule has 0 atom stereocenters. The van der Waals surface area contributed by atoms with Crippen LogP contribution in [0, 0.1) is 0 Å². The van der Waals surface area contributed by atoms with Crippen molar-refractivity contribution >= 4 is 11.6 Å². The third-order valence-electron chi connectivity index (χ3n) is 3.18. The summed E-state index contributed by atoms with van der Waals surface area (Å²) in [6.07, 6.45) is 8.25. The van der Waals surface area contributed by atoms with Gasteiger partial charge in [-0.05, 0) is 12.8 Å². The number of likely N-dealkylation sites (N-methyl/N-ethyl adjacent to an activating group) is 1. The largest absolute Gasteiger partial charge is 1.00 e. The molecule has 0 saturated heterocycles. The van der Waals surface area contributed by atoms with Crippen molar-refractivity contribution in [2.45, 2.75) is 45.4 Å². The first-order valence-electron chi connectivity index (χ1n) is 7.08. The molecule has 0 N–H and O–H groups in total.